The van der Waals surface area contributed by atoms with Crippen LogP contribution in [0.15, 0.2) is 120 Å². The first kappa shape index (κ1) is 53.6. The Balaban J connectivity index is 0.936. The molecular weight excluding hydrogens is 955 g/mol. The second-order valence-electron chi connectivity index (χ2n) is 18.3. The van der Waals surface area contributed by atoms with Crippen LogP contribution in [0.3, 0.4) is 0 Å². The van der Waals surface area contributed by atoms with E-state index in [1.54, 1.807) is 87.0 Å². The maximum atomic E-state index is 13.2. The number of rotatable bonds is 24. The molecule has 2 saturated carbocycles. The van der Waals surface area contributed by atoms with E-state index in [1.165, 1.54) is 0 Å². The summed E-state index contributed by atoms with van der Waals surface area (Å²) in [6.07, 6.45) is 7.68. The minimum Gasteiger partial charge on any atom is -0.493 e. The lowest BCUT2D eigenvalue weighted by molar-refractivity contribution is -0.146. The number of fused-ring (bicyclic) bond motifs is 1. The van der Waals surface area contributed by atoms with Crippen LogP contribution in [0.4, 0.5) is 5.13 Å². The summed E-state index contributed by atoms with van der Waals surface area (Å²) in [5.74, 6) is 1.43. The number of thiazole rings is 1. The topological polar surface area (TPSA) is 180 Å². The molecule has 1 aromatic heterocycles. The van der Waals surface area contributed by atoms with Crippen LogP contribution in [0.1, 0.15) is 77.7 Å². The Morgan fingerprint density at radius 3 is 1.67 bits per heavy atom. The summed E-state index contributed by atoms with van der Waals surface area (Å²) in [6, 6.07) is 26.8. The molecule has 4 aromatic carbocycles. The van der Waals surface area contributed by atoms with Gasteiger partial charge in [-0.2, -0.15) is 5.10 Å². The van der Waals surface area contributed by atoms with Gasteiger partial charge < -0.3 is 42.6 Å². The number of hydrogen-bond donors (Lipinski definition) is 0. The fraction of sp³-hybridized carbons (Fsp3) is 0.393. The molecule has 0 spiro atoms. The Labute approximate surface area is 429 Å². The highest BCUT2D eigenvalue weighted by atomic mass is 32.1. The van der Waals surface area contributed by atoms with Gasteiger partial charge in [0.05, 0.1) is 54.1 Å². The van der Waals surface area contributed by atoms with Gasteiger partial charge in [0.25, 0.3) is 0 Å². The molecule has 2 aliphatic rings. The Kier molecular flexibility index (Phi) is 19.4. The van der Waals surface area contributed by atoms with E-state index < -0.39 is 11.9 Å². The zero-order chi connectivity index (χ0) is 51.7. The van der Waals surface area contributed by atoms with Gasteiger partial charge in [0, 0.05) is 23.8 Å². The number of carbonyl (C=O) groups excluding carboxylic acids is 4. The molecule has 0 bridgehead atoms. The van der Waals surface area contributed by atoms with Gasteiger partial charge in [0.2, 0.25) is 18.7 Å². The standard InChI is InChI=1S/C56H63N3O13S/c1-36(2)52(60)69-34-67-44-19-23-46(24-20-44)71-54(62)41-15-11-39(12-16-41)32-65-48-27-28-50(43(29-48)30-57-59(38(5)31-64-6)56-58-49-9-7-8-10-51(49)73-56)66-33-40-13-17-42(18-14-40)55(63)72-47-25-21-45(22-26-47)68-35-70-53(61)37(3)4/h7-10,19-30,38-42H,1,3,11-18,31-35H2,2,4-6H3/b57-30+. The largest absolute Gasteiger partial charge is 0.493 e. The summed E-state index contributed by atoms with van der Waals surface area (Å²) >= 11 is 1.56. The summed E-state index contributed by atoms with van der Waals surface area (Å²) in [7, 11) is 1.66. The van der Waals surface area contributed by atoms with Gasteiger partial charge in [-0.3, -0.25) is 9.59 Å². The summed E-state index contributed by atoms with van der Waals surface area (Å²) in [4.78, 5) is 54.4. The lowest BCUT2D eigenvalue weighted by Crippen LogP contribution is -2.32. The molecule has 73 heavy (non-hydrogen) atoms. The number of carbonyl (C=O) groups is 4. The van der Waals surface area contributed by atoms with Crippen LogP contribution in [-0.2, 0) is 33.4 Å². The zero-order valence-corrected chi connectivity index (χ0v) is 42.6. The van der Waals surface area contributed by atoms with Gasteiger partial charge in [0.1, 0.15) is 34.5 Å². The van der Waals surface area contributed by atoms with E-state index in [0.717, 1.165) is 46.6 Å². The van der Waals surface area contributed by atoms with Gasteiger partial charge in [-0.25, -0.2) is 19.6 Å². The Morgan fingerprint density at radius 2 is 1.16 bits per heavy atom. The summed E-state index contributed by atoms with van der Waals surface area (Å²) < 4.78 is 51.8. The maximum absolute atomic E-state index is 13.2. The second-order valence-corrected chi connectivity index (χ2v) is 19.4. The van der Waals surface area contributed by atoms with Gasteiger partial charge in [0.15, 0.2) is 0 Å². The summed E-state index contributed by atoms with van der Waals surface area (Å²) in [5.41, 5.74) is 2.18. The van der Waals surface area contributed by atoms with Crippen molar-refractivity contribution in [1.29, 1.82) is 0 Å². The quantitative estimate of drug-likeness (QED) is 0.0142. The van der Waals surface area contributed by atoms with Crippen molar-refractivity contribution >= 4 is 56.8 Å². The lowest BCUT2D eigenvalue weighted by Gasteiger charge is -2.28. The van der Waals surface area contributed by atoms with Gasteiger partial charge >= 0.3 is 23.9 Å². The average molecular weight is 1020 g/mol. The molecule has 2 fully saturated rings. The number of esters is 4. The average Bonchev–Trinajstić information content (AvgIpc) is 3.83. The molecule has 17 heteroatoms. The number of benzene rings is 4. The van der Waals surface area contributed by atoms with Crippen molar-refractivity contribution in [3.8, 4) is 34.5 Å². The molecule has 5 aromatic rings. The van der Waals surface area contributed by atoms with Crippen molar-refractivity contribution in [3.05, 3.63) is 121 Å². The van der Waals surface area contributed by atoms with Crippen LogP contribution >= 0.6 is 11.3 Å². The first-order valence-corrected chi connectivity index (χ1v) is 25.2. The fourth-order valence-electron chi connectivity index (χ4n) is 8.30. The molecule has 1 atom stereocenters. The predicted molar refractivity (Wildman–Crippen MR) is 276 cm³/mol. The van der Waals surface area contributed by atoms with Crippen LogP contribution in [-0.4, -0.2) is 81.6 Å². The SMILES string of the molecule is C=C(C)C(=O)OCOc1ccc(OC(=O)C2CCC(COc3ccc(OCC4CCC(C(=O)Oc5ccc(OCOC(=O)C(=C)C)cc5)CC4)c(/C=N/N(c4nc5ccccc5s4)C(C)COC)c3)CC2)cc1. The molecule has 7 rings (SSSR count). The molecule has 386 valence electrons. The number of hydrogen-bond acceptors (Lipinski definition) is 17. The third-order valence-electron chi connectivity index (χ3n) is 12.5. The van der Waals surface area contributed by atoms with E-state index in [0.29, 0.717) is 80.0 Å². The summed E-state index contributed by atoms with van der Waals surface area (Å²) in [5, 5.41) is 7.60. The van der Waals surface area contributed by atoms with Gasteiger partial charge in [-0.1, -0.05) is 36.6 Å². The number of nitrogens with zero attached hydrogens (tertiary/aromatic N) is 3. The van der Waals surface area contributed by atoms with E-state index in [9.17, 15) is 19.2 Å². The lowest BCUT2D eigenvalue weighted by atomic mass is 9.82. The molecule has 2 aliphatic carbocycles. The Morgan fingerprint density at radius 1 is 0.671 bits per heavy atom. The number of methoxy groups -OCH3 is 1. The number of para-hydroxylation sites is 1. The number of ether oxygens (including phenoxy) is 9. The van der Waals surface area contributed by atoms with E-state index in [2.05, 4.69) is 13.2 Å². The van der Waals surface area contributed by atoms with Crippen LogP contribution < -0.4 is 33.4 Å². The highest BCUT2D eigenvalue weighted by molar-refractivity contribution is 7.22. The molecule has 1 unspecified atom stereocenters. The van der Waals surface area contributed by atoms with Crippen LogP contribution in [0.5, 0.6) is 34.5 Å². The Bertz CT molecular complexity index is 2670. The first-order valence-electron chi connectivity index (χ1n) is 24.4. The minimum atomic E-state index is -0.539. The van der Waals surface area contributed by atoms with Crippen LogP contribution in [0, 0.1) is 23.7 Å². The smallest absolute Gasteiger partial charge is 0.335 e. The van der Waals surface area contributed by atoms with Crippen molar-refractivity contribution in [2.75, 3.05) is 45.5 Å². The fourth-order valence-corrected chi connectivity index (χ4v) is 9.33. The van der Waals surface area contributed by atoms with Gasteiger partial charge in [-0.05, 0) is 163 Å². The zero-order valence-electron chi connectivity index (χ0n) is 41.8. The van der Waals surface area contributed by atoms with E-state index in [4.69, 9.17) is 52.7 Å². The van der Waals surface area contributed by atoms with Crippen LogP contribution in [0.25, 0.3) is 10.2 Å². The highest BCUT2D eigenvalue weighted by Gasteiger charge is 2.30. The number of aromatic nitrogens is 1. The Hall–Kier alpha value is -7.24. The highest BCUT2D eigenvalue weighted by Crippen LogP contribution is 2.35. The van der Waals surface area contributed by atoms with Crippen molar-refractivity contribution in [3.63, 3.8) is 0 Å². The van der Waals surface area contributed by atoms with E-state index in [-0.39, 0.29) is 66.4 Å². The van der Waals surface area contributed by atoms with Crippen molar-refractivity contribution < 1.29 is 61.8 Å². The monoisotopic (exact) mass is 1020 g/mol. The molecule has 16 nitrogen and oxygen atoms in total. The second kappa shape index (κ2) is 26.5. The molecule has 1 heterocycles. The normalized spacial score (nSPS) is 18.0. The molecular formula is C56H63N3O13S. The minimum absolute atomic E-state index is 0.134. The first-order chi connectivity index (χ1) is 35.3. The molecule has 0 amide bonds. The van der Waals surface area contributed by atoms with Crippen molar-refractivity contribution in [2.45, 2.75) is 78.2 Å². The van der Waals surface area contributed by atoms with Gasteiger partial charge in [-0.15, -0.1) is 0 Å². The third-order valence-corrected chi connectivity index (χ3v) is 13.6. The molecule has 0 saturated heterocycles. The maximum Gasteiger partial charge on any atom is 0.335 e. The number of hydrazone groups is 1. The third kappa shape index (κ3) is 15.9. The van der Waals surface area contributed by atoms with E-state index in [1.807, 2.05) is 54.4 Å². The number of anilines is 1. The van der Waals surface area contributed by atoms with Crippen molar-refractivity contribution in [1.82, 2.24) is 4.98 Å². The molecule has 0 radical (unpaired) electrons. The predicted octanol–water partition coefficient (Wildman–Crippen LogP) is 10.7. The van der Waals surface area contributed by atoms with Crippen molar-refractivity contribution in [2.24, 2.45) is 28.8 Å². The van der Waals surface area contributed by atoms with E-state index >= 15 is 0 Å². The summed E-state index contributed by atoms with van der Waals surface area (Å²) in [6.45, 7) is 13.1. The van der Waals surface area contributed by atoms with Crippen LogP contribution in [0.2, 0.25) is 0 Å². The molecule has 0 aliphatic heterocycles. The molecule has 0 N–H and O–H groups in total.